The summed E-state index contributed by atoms with van der Waals surface area (Å²) in [6.45, 7) is 4.59. The maximum Gasteiger partial charge on any atom is 0.362 e. The Morgan fingerprint density at radius 2 is 0.836 bits per heavy atom. The van der Waals surface area contributed by atoms with Crippen LogP contribution in [0.5, 0.6) is 0 Å². The lowest BCUT2D eigenvalue weighted by molar-refractivity contribution is -0.887. The van der Waals surface area contributed by atoms with Crippen LogP contribution in [0, 0.1) is 0 Å². The number of nitrogens with zero attached hydrogens (tertiary/aromatic N) is 1. The minimum Gasteiger partial charge on any atom is -0.477 e. The minimum absolute atomic E-state index is 0.0379. The zero-order valence-electron chi connectivity index (χ0n) is 43.8. The zero-order chi connectivity index (χ0) is 49.2. The summed E-state index contributed by atoms with van der Waals surface area (Å²) < 4.78 is 17.3. The Hall–Kier alpha value is -3.49. The van der Waals surface area contributed by atoms with Crippen molar-refractivity contribution in [2.24, 2.45) is 0 Å². The molecule has 0 bridgehead atoms. The Balaban J connectivity index is 4.31. The molecule has 0 aromatic heterocycles. The Bertz CT molecular complexity index is 1370. The third-order valence-corrected chi connectivity index (χ3v) is 11.8. The number of unbranched alkanes of at least 4 members (excludes halogenated alkanes) is 20. The average Bonchev–Trinajstić information content (AvgIpc) is 3.29. The van der Waals surface area contributed by atoms with Crippen molar-refractivity contribution < 1.29 is 38.2 Å². The second kappa shape index (κ2) is 48.9. The average molecular weight is 937 g/mol. The normalized spacial score (nSPS) is 13.5. The fourth-order valence-corrected chi connectivity index (χ4v) is 7.62. The van der Waals surface area contributed by atoms with Crippen LogP contribution in [0.1, 0.15) is 219 Å². The van der Waals surface area contributed by atoms with Gasteiger partial charge in [-0.2, -0.15) is 0 Å². The fraction of sp³-hybridized carbons (Fsp3) is 0.712. The number of hydrogen-bond acceptors (Lipinski definition) is 6. The summed E-state index contributed by atoms with van der Waals surface area (Å²) in [6.07, 6.45) is 65.0. The molecule has 0 aliphatic rings. The number of hydrogen-bond donors (Lipinski definition) is 1. The lowest BCUT2D eigenvalue weighted by Gasteiger charge is -2.31. The number of rotatable bonds is 48. The van der Waals surface area contributed by atoms with E-state index in [0.29, 0.717) is 19.3 Å². The van der Waals surface area contributed by atoms with Crippen LogP contribution >= 0.6 is 0 Å². The van der Waals surface area contributed by atoms with Crippen LogP contribution in [0.15, 0.2) is 85.1 Å². The number of carbonyl (C=O) groups excluding carboxylic acids is 2. The molecule has 0 fully saturated rings. The van der Waals surface area contributed by atoms with Crippen molar-refractivity contribution in [1.82, 2.24) is 0 Å². The zero-order valence-corrected chi connectivity index (χ0v) is 43.8. The summed E-state index contributed by atoms with van der Waals surface area (Å²) in [6, 6.07) is -0.629. The van der Waals surface area contributed by atoms with Crippen LogP contribution in [0.25, 0.3) is 0 Å². The van der Waals surface area contributed by atoms with E-state index in [4.69, 9.17) is 14.2 Å². The lowest BCUT2D eigenvalue weighted by atomic mass is 10.0. The van der Waals surface area contributed by atoms with Gasteiger partial charge in [-0.15, -0.1) is 0 Å². The lowest BCUT2D eigenvalue weighted by Crippen LogP contribution is -2.50. The summed E-state index contributed by atoms with van der Waals surface area (Å²) in [7, 11) is 5.52. The van der Waals surface area contributed by atoms with Gasteiger partial charge >= 0.3 is 17.9 Å². The van der Waals surface area contributed by atoms with Crippen LogP contribution in [-0.2, 0) is 28.6 Å². The molecule has 2 atom stereocenters. The van der Waals surface area contributed by atoms with E-state index in [1.54, 1.807) is 0 Å². The molecule has 0 radical (unpaired) electrons. The van der Waals surface area contributed by atoms with Gasteiger partial charge in [-0.25, -0.2) is 4.79 Å². The topological polar surface area (TPSA) is 99.1 Å². The number of likely N-dealkylation sites (N-methyl/N-ethyl adjacent to an activating group) is 1. The Kier molecular flexibility index (Phi) is 46.4. The third kappa shape index (κ3) is 47.4. The predicted molar refractivity (Wildman–Crippen MR) is 284 cm³/mol. The van der Waals surface area contributed by atoms with E-state index in [2.05, 4.69) is 98.9 Å². The van der Waals surface area contributed by atoms with E-state index < -0.39 is 18.1 Å². The molecule has 0 saturated heterocycles. The highest BCUT2D eigenvalue weighted by Crippen LogP contribution is 2.15. The van der Waals surface area contributed by atoms with Crippen molar-refractivity contribution in [1.29, 1.82) is 0 Å². The van der Waals surface area contributed by atoms with E-state index in [9.17, 15) is 19.5 Å². The van der Waals surface area contributed by atoms with Gasteiger partial charge in [0.1, 0.15) is 6.61 Å². The number of ether oxygens (including phenoxy) is 3. The van der Waals surface area contributed by atoms with E-state index in [1.807, 2.05) is 21.1 Å². The molecule has 0 heterocycles. The maximum absolute atomic E-state index is 12.8. The summed E-state index contributed by atoms with van der Waals surface area (Å²) in [5, 5.41) is 9.66. The summed E-state index contributed by atoms with van der Waals surface area (Å²) in [5.41, 5.74) is 0. The Morgan fingerprint density at radius 3 is 1.28 bits per heavy atom. The van der Waals surface area contributed by atoms with Gasteiger partial charge in [-0.1, -0.05) is 195 Å². The number of carboxylic acid groups (broad SMARTS) is 1. The first kappa shape index (κ1) is 63.5. The van der Waals surface area contributed by atoms with Gasteiger partial charge in [0.05, 0.1) is 34.4 Å². The molecular formula is C59H102NO7+. The number of allylic oxidation sites excluding steroid dienone is 14. The van der Waals surface area contributed by atoms with Crippen molar-refractivity contribution in [3.8, 4) is 0 Å². The van der Waals surface area contributed by atoms with E-state index in [0.717, 1.165) is 70.6 Å². The van der Waals surface area contributed by atoms with Crippen LogP contribution in [0.4, 0.5) is 0 Å². The highest BCUT2D eigenvalue weighted by molar-refractivity contribution is 5.72. The number of quaternary nitrogens is 1. The van der Waals surface area contributed by atoms with Gasteiger partial charge in [-0.05, 0) is 89.9 Å². The van der Waals surface area contributed by atoms with Crippen molar-refractivity contribution in [3.63, 3.8) is 0 Å². The molecule has 2 unspecified atom stereocenters. The first-order valence-electron chi connectivity index (χ1n) is 27.1. The largest absolute Gasteiger partial charge is 0.477 e. The second-order valence-electron chi connectivity index (χ2n) is 19.1. The molecule has 384 valence electrons. The molecule has 0 amide bonds. The summed E-state index contributed by atoms with van der Waals surface area (Å²) in [5.74, 6) is -1.53. The van der Waals surface area contributed by atoms with Crippen molar-refractivity contribution in [3.05, 3.63) is 85.1 Å². The van der Waals surface area contributed by atoms with Gasteiger partial charge < -0.3 is 23.8 Å². The molecular weight excluding hydrogens is 835 g/mol. The maximum atomic E-state index is 12.8. The quantitative estimate of drug-likeness (QED) is 0.0281. The standard InChI is InChI=1S/C59H101NO7/c1-6-8-10-12-14-16-18-20-22-24-26-28-30-31-33-35-37-39-41-43-45-47-49-57(61)66-54-55(53-65-52-51-56(59(63)64)60(3,4)5)67-58(62)50-48-46-44-42-40-38-36-34-32-29-27-25-23-21-19-17-15-13-11-9-7-2/h9,11,15,17,21,23,27,29-31,34,36,40,42,55-56H,6-8,10,12-14,16,18-20,22,24-26,28,32-33,35,37-39,41,43-54H2,1-5H3/p+1/b11-9+,17-15+,23-21+,29-27+,31-30+,36-34+,42-40+. The summed E-state index contributed by atoms with van der Waals surface area (Å²) in [4.78, 5) is 37.2. The molecule has 1 N–H and O–H groups in total. The number of aliphatic carboxylic acids is 1. The van der Waals surface area contributed by atoms with Crippen molar-refractivity contribution in [2.75, 3.05) is 41.0 Å². The van der Waals surface area contributed by atoms with Gasteiger partial charge in [0.2, 0.25) is 0 Å². The molecule has 8 nitrogen and oxygen atoms in total. The van der Waals surface area contributed by atoms with Gasteiger partial charge in [0.15, 0.2) is 12.1 Å². The molecule has 67 heavy (non-hydrogen) atoms. The minimum atomic E-state index is -0.884. The SMILES string of the molecule is CC/C=C/C/C=C/C/C=C/C/C=C/C/C=C/C/C=C/CCCCC(=O)OC(COCCC(C(=O)O)[N+](C)(C)C)COC(=O)CCCCCCCCC/C=C/CCCCCCCCCCCCC. The van der Waals surface area contributed by atoms with Crippen molar-refractivity contribution in [2.45, 2.75) is 231 Å². The smallest absolute Gasteiger partial charge is 0.362 e. The van der Waals surface area contributed by atoms with E-state index >= 15 is 0 Å². The monoisotopic (exact) mass is 937 g/mol. The van der Waals surface area contributed by atoms with Crippen LogP contribution in [0.3, 0.4) is 0 Å². The molecule has 0 aliphatic carbocycles. The second-order valence-corrected chi connectivity index (χ2v) is 19.1. The molecule has 0 aliphatic heterocycles. The van der Waals surface area contributed by atoms with Crippen LogP contribution in [0.2, 0.25) is 0 Å². The predicted octanol–water partition coefficient (Wildman–Crippen LogP) is 16.0. The van der Waals surface area contributed by atoms with Gasteiger partial charge in [0.25, 0.3) is 0 Å². The third-order valence-electron chi connectivity index (χ3n) is 11.8. The fourth-order valence-electron chi connectivity index (χ4n) is 7.62. The Labute approximate surface area is 412 Å². The molecule has 0 aromatic rings. The van der Waals surface area contributed by atoms with Gasteiger partial charge in [0, 0.05) is 19.3 Å². The molecule has 8 heteroatoms. The Morgan fingerprint density at radius 1 is 0.463 bits per heavy atom. The molecule has 0 saturated carbocycles. The molecule has 0 spiro atoms. The van der Waals surface area contributed by atoms with Crippen LogP contribution in [-0.4, -0.2) is 80.6 Å². The molecule has 0 aromatic carbocycles. The first-order valence-corrected chi connectivity index (χ1v) is 27.1. The number of carboxylic acids is 1. The van der Waals surface area contributed by atoms with Crippen molar-refractivity contribution >= 4 is 17.9 Å². The van der Waals surface area contributed by atoms with Crippen LogP contribution < -0.4 is 0 Å². The van der Waals surface area contributed by atoms with E-state index in [1.165, 1.54) is 109 Å². The highest BCUT2D eigenvalue weighted by Gasteiger charge is 2.31. The van der Waals surface area contributed by atoms with Gasteiger partial charge in [-0.3, -0.25) is 9.59 Å². The number of carbonyl (C=O) groups is 3. The highest BCUT2D eigenvalue weighted by atomic mass is 16.6. The van der Waals surface area contributed by atoms with E-state index in [-0.39, 0.29) is 42.7 Å². The summed E-state index contributed by atoms with van der Waals surface area (Å²) >= 11 is 0. The number of esters is 2. The molecule has 0 rings (SSSR count). The first-order chi connectivity index (χ1) is 32.6.